The SMILES string of the molecule is Cc1occc1Sc1cncc(Cl)n1. The van der Waals surface area contributed by atoms with Crippen LogP contribution in [0.1, 0.15) is 5.76 Å². The molecule has 0 spiro atoms. The number of rotatable bonds is 2. The Hall–Kier alpha value is -1.00. The van der Waals surface area contributed by atoms with E-state index < -0.39 is 0 Å². The van der Waals surface area contributed by atoms with Gasteiger partial charge in [-0.2, -0.15) is 0 Å². The summed E-state index contributed by atoms with van der Waals surface area (Å²) < 4.78 is 5.16. The molecule has 0 aliphatic carbocycles. The normalized spacial score (nSPS) is 10.4. The molecule has 0 amide bonds. The van der Waals surface area contributed by atoms with Gasteiger partial charge in [-0.05, 0) is 13.0 Å². The number of aromatic nitrogens is 2. The van der Waals surface area contributed by atoms with Gasteiger partial charge in [-0.1, -0.05) is 23.4 Å². The van der Waals surface area contributed by atoms with Gasteiger partial charge >= 0.3 is 0 Å². The molecule has 0 N–H and O–H groups in total. The van der Waals surface area contributed by atoms with Crippen LogP contribution in [0.15, 0.2) is 39.1 Å². The van der Waals surface area contributed by atoms with Crippen LogP contribution >= 0.6 is 23.4 Å². The quantitative estimate of drug-likeness (QED) is 0.789. The fourth-order valence-electron chi connectivity index (χ4n) is 0.967. The minimum Gasteiger partial charge on any atom is -0.468 e. The molecule has 72 valence electrons. The van der Waals surface area contributed by atoms with Crippen LogP contribution in [0.4, 0.5) is 0 Å². The summed E-state index contributed by atoms with van der Waals surface area (Å²) in [6.45, 7) is 1.90. The summed E-state index contributed by atoms with van der Waals surface area (Å²) in [4.78, 5) is 9.09. The maximum absolute atomic E-state index is 5.71. The molecule has 0 fully saturated rings. The summed E-state index contributed by atoms with van der Waals surface area (Å²) in [7, 11) is 0. The largest absolute Gasteiger partial charge is 0.468 e. The topological polar surface area (TPSA) is 38.9 Å². The predicted octanol–water partition coefficient (Wildman–Crippen LogP) is 3.18. The van der Waals surface area contributed by atoms with Gasteiger partial charge in [-0.25, -0.2) is 4.98 Å². The zero-order valence-electron chi connectivity index (χ0n) is 7.40. The van der Waals surface area contributed by atoms with Crippen molar-refractivity contribution in [2.45, 2.75) is 16.8 Å². The zero-order chi connectivity index (χ0) is 9.97. The number of halogens is 1. The van der Waals surface area contributed by atoms with E-state index >= 15 is 0 Å². The molecular weight excluding hydrogens is 220 g/mol. The first-order valence-corrected chi connectivity index (χ1v) is 5.14. The van der Waals surface area contributed by atoms with Crippen LogP contribution in [0.3, 0.4) is 0 Å². The van der Waals surface area contributed by atoms with E-state index in [0.29, 0.717) is 5.15 Å². The first kappa shape index (κ1) is 9.55. The molecule has 0 atom stereocenters. The van der Waals surface area contributed by atoms with Crippen LogP contribution in [0.2, 0.25) is 5.15 Å². The van der Waals surface area contributed by atoms with Gasteiger partial charge < -0.3 is 4.42 Å². The van der Waals surface area contributed by atoms with E-state index in [1.165, 1.54) is 18.0 Å². The number of furan rings is 1. The van der Waals surface area contributed by atoms with Gasteiger partial charge in [0.25, 0.3) is 0 Å². The minimum absolute atomic E-state index is 0.399. The van der Waals surface area contributed by atoms with E-state index in [-0.39, 0.29) is 0 Å². The second-order valence-corrected chi connectivity index (χ2v) is 4.07. The van der Waals surface area contributed by atoms with Gasteiger partial charge in [-0.15, -0.1) is 0 Å². The molecule has 2 aromatic rings. The molecular formula is C9H7ClN2OS. The molecule has 2 heterocycles. The Balaban J connectivity index is 2.23. The lowest BCUT2D eigenvalue weighted by Gasteiger charge is -1.97. The molecule has 0 radical (unpaired) electrons. The van der Waals surface area contributed by atoms with Crippen LogP contribution in [0.5, 0.6) is 0 Å². The van der Waals surface area contributed by atoms with Gasteiger partial charge in [0, 0.05) is 0 Å². The standard InChI is InChI=1S/C9H7ClN2OS/c1-6-7(2-3-13-6)14-9-5-11-4-8(10)12-9/h2-5H,1H3. The van der Waals surface area contributed by atoms with Gasteiger partial charge in [0.2, 0.25) is 0 Å². The first-order valence-electron chi connectivity index (χ1n) is 3.95. The van der Waals surface area contributed by atoms with Crippen molar-refractivity contribution in [1.29, 1.82) is 0 Å². The number of aryl methyl sites for hydroxylation is 1. The van der Waals surface area contributed by atoms with Crippen molar-refractivity contribution in [2.75, 3.05) is 0 Å². The minimum atomic E-state index is 0.399. The maximum Gasteiger partial charge on any atom is 0.148 e. The van der Waals surface area contributed by atoms with Crippen molar-refractivity contribution in [3.8, 4) is 0 Å². The van der Waals surface area contributed by atoms with Gasteiger partial charge in [0.1, 0.15) is 15.9 Å². The van der Waals surface area contributed by atoms with E-state index in [1.54, 1.807) is 12.5 Å². The van der Waals surface area contributed by atoms with E-state index in [4.69, 9.17) is 16.0 Å². The molecule has 2 rings (SSSR count). The Kier molecular flexibility index (Phi) is 2.74. The second-order valence-electron chi connectivity index (χ2n) is 2.62. The highest BCUT2D eigenvalue weighted by molar-refractivity contribution is 7.99. The lowest BCUT2D eigenvalue weighted by molar-refractivity contribution is 0.527. The van der Waals surface area contributed by atoms with Crippen molar-refractivity contribution in [1.82, 2.24) is 9.97 Å². The fraction of sp³-hybridized carbons (Fsp3) is 0.111. The van der Waals surface area contributed by atoms with Crippen LogP contribution in [0.25, 0.3) is 0 Å². The highest BCUT2D eigenvalue weighted by Crippen LogP contribution is 2.29. The Labute approximate surface area is 90.5 Å². The lowest BCUT2D eigenvalue weighted by Crippen LogP contribution is -1.82. The summed E-state index contributed by atoms with van der Waals surface area (Å²) in [6, 6.07) is 1.89. The molecule has 5 heteroatoms. The second kappa shape index (κ2) is 4.02. The van der Waals surface area contributed by atoms with Crippen LogP contribution < -0.4 is 0 Å². The highest BCUT2D eigenvalue weighted by atomic mass is 35.5. The van der Waals surface area contributed by atoms with Crippen LogP contribution in [0, 0.1) is 6.92 Å². The average molecular weight is 227 g/mol. The number of hydrogen-bond acceptors (Lipinski definition) is 4. The Morgan fingerprint density at radius 2 is 2.29 bits per heavy atom. The summed E-state index contributed by atoms with van der Waals surface area (Å²) in [6.07, 6.45) is 4.83. The molecule has 14 heavy (non-hydrogen) atoms. The average Bonchev–Trinajstić information content (AvgIpc) is 2.52. The van der Waals surface area contributed by atoms with Crippen molar-refractivity contribution in [3.63, 3.8) is 0 Å². The maximum atomic E-state index is 5.71. The third kappa shape index (κ3) is 2.08. The molecule has 0 unspecified atom stereocenters. The van der Waals surface area contributed by atoms with Gasteiger partial charge in [0.05, 0.1) is 23.6 Å². The molecule has 0 saturated carbocycles. The third-order valence-electron chi connectivity index (χ3n) is 1.61. The molecule has 0 aliphatic rings. The third-order valence-corrected chi connectivity index (χ3v) is 2.84. The molecule has 0 saturated heterocycles. The number of nitrogens with zero attached hydrogens (tertiary/aromatic N) is 2. The van der Waals surface area contributed by atoms with Crippen molar-refractivity contribution >= 4 is 23.4 Å². The lowest BCUT2D eigenvalue weighted by atomic mass is 10.5. The Morgan fingerprint density at radius 1 is 1.43 bits per heavy atom. The molecule has 0 aromatic carbocycles. The van der Waals surface area contributed by atoms with E-state index in [0.717, 1.165) is 15.7 Å². The Morgan fingerprint density at radius 3 is 2.93 bits per heavy atom. The molecule has 0 aliphatic heterocycles. The van der Waals surface area contributed by atoms with Crippen LogP contribution in [-0.2, 0) is 0 Å². The summed E-state index contributed by atoms with van der Waals surface area (Å²) in [5.41, 5.74) is 0. The van der Waals surface area contributed by atoms with Crippen molar-refractivity contribution in [2.24, 2.45) is 0 Å². The Bertz CT molecular complexity index is 444. The highest BCUT2D eigenvalue weighted by Gasteiger charge is 2.05. The van der Waals surface area contributed by atoms with Crippen molar-refractivity contribution < 1.29 is 4.42 Å². The molecule has 0 bridgehead atoms. The molecule has 3 nitrogen and oxygen atoms in total. The van der Waals surface area contributed by atoms with Crippen molar-refractivity contribution in [3.05, 3.63) is 35.6 Å². The van der Waals surface area contributed by atoms with Gasteiger partial charge in [0.15, 0.2) is 0 Å². The predicted molar refractivity (Wildman–Crippen MR) is 54.6 cm³/mol. The van der Waals surface area contributed by atoms with E-state index in [9.17, 15) is 0 Å². The monoisotopic (exact) mass is 226 g/mol. The first-order chi connectivity index (χ1) is 6.75. The molecule has 2 aromatic heterocycles. The van der Waals surface area contributed by atoms with Crippen LogP contribution in [-0.4, -0.2) is 9.97 Å². The summed E-state index contributed by atoms with van der Waals surface area (Å²) in [5.74, 6) is 0.872. The van der Waals surface area contributed by atoms with Gasteiger partial charge in [-0.3, -0.25) is 4.98 Å². The smallest absolute Gasteiger partial charge is 0.148 e. The van der Waals surface area contributed by atoms with E-state index in [1.807, 2.05) is 13.0 Å². The number of hydrogen-bond donors (Lipinski definition) is 0. The summed E-state index contributed by atoms with van der Waals surface area (Å²) in [5, 5.41) is 1.16. The summed E-state index contributed by atoms with van der Waals surface area (Å²) >= 11 is 7.20. The fourth-order valence-corrected chi connectivity index (χ4v) is 1.96. The van der Waals surface area contributed by atoms with E-state index in [2.05, 4.69) is 9.97 Å². The zero-order valence-corrected chi connectivity index (χ0v) is 8.97.